The molecule has 0 aliphatic rings. The first-order chi connectivity index (χ1) is 12.3. The normalized spacial score (nSPS) is 11.4. The van der Waals surface area contributed by atoms with Gasteiger partial charge in [-0.1, -0.05) is 15.9 Å². The van der Waals surface area contributed by atoms with Gasteiger partial charge in [0.1, 0.15) is 16.4 Å². The van der Waals surface area contributed by atoms with Gasteiger partial charge in [0.25, 0.3) is 5.91 Å². The maximum Gasteiger partial charge on any atom is 0.471 e. The number of carbonyl (C=O) groups is 2. The Bertz CT molecular complexity index is 763. The molecule has 2 N–H and O–H groups in total. The molecule has 0 aliphatic heterocycles. The molecule has 2 aromatic heterocycles. The van der Waals surface area contributed by atoms with E-state index in [0.29, 0.717) is 27.9 Å². The molecule has 26 heavy (non-hydrogen) atoms. The maximum absolute atomic E-state index is 12.1. The van der Waals surface area contributed by atoms with Crippen molar-refractivity contribution in [3.8, 4) is 10.7 Å². The minimum atomic E-state index is -4.89. The molecular formula is C14H14BrF3N4O2S2. The number of hydrogen-bond donors (Lipinski definition) is 2. The SMILES string of the molecule is O=C(NCCCBr)c1csc(-c2csc(CCNC(=O)C(F)(F)F)n2)n1. The minimum absolute atomic E-state index is 0.162. The van der Waals surface area contributed by atoms with Crippen molar-refractivity contribution in [2.24, 2.45) is 0 Å². The van der Waals surface area contributed by atoms with Crippen LogP contribution in [0.25, 0.3) is 10.7 Å². The summed E-state index contributed by atoms with van der Waals surface area (Å²) < 4.78 is 36.3. The summed E-state index contributed by atoms with van der Waals surface area (Å²) in [4.78, 5) is 31.2. The van der Waals surface area contributed by atoms with E-state index in [1.165, 1.54) is 22.7 Å². The van der Waals surface area contributed by atoms with Crippen LogP contribution < -0.4 is 10.6 Å². The molecule has 2 aromatic rings. The number of nitrogens with one attached hydrogen (secondary N) is 2. The Morgan fingerprint density at radius 1 is 1.12 bits per heavy atom. The van der Waals surface area contributed by atoms with Crippen molar-refractivity contribution in [3.63, 3.8) is 0 Å². The predicted molar refractivity (Wildman–Crippen MR) is 96.7 cm³/mol. The average Bonchev–Trinajstić information content (AvgIpc) is 3.23. The van der Waals surface area contributed by atoms with Crippen LogP contribution in [0.2, 0.25) is 0 Å². The summed E-state index contributed by atoms with van der Waals surface area (Å²) in [5.74, 6) is -2.23. The van der Waals surface area contributed by atoms with Crippen LogP contribution in [0.5, 0.6) is 0 Å². The van der Waals surface area contributed by atoms with Gasteiger partial charge in [-0.15, -0.1) is 22.7 Å². The molecule has 0 fully saturated rings. The third-order valence-corrected chi connectivity index (χ3v) is 5.32. The zero-order valence-corrected chi connectivity index (χ0v) is 16.4. The first kappa shape index (κ1) is 20.8. The molecule has 0 saturated heterocycles. The summed E-state index contributed by atoms with van der Waals surface area (Å²) in [6.45, 7) is 0.381. The van der Waals surface area contributed by atoms with Gasteiger partial charge in [0.2, 0.25) is 0 Å². The van der Waals surface area contributed by atoms with Gasteiger partial charge in [-0.3, -0.25) is 9.59 Å². The molecule has 0 radical (unpaired) electrons. The van der Waals surface area contributed by atoms with Crippen molar-refractivity contribution >= 4 is 50.4 Å². The second-order valence-electron chi connectivity index (χ2n) is 4.97. The molecule has 0 atom stereocenters. The van der Waals surface area contributed by atoms with E-state index >= 15 is 0 Å². The topological polar surface area (TPSA) is 84.0 Å². The monoisotopic (exact) mass is 470 g/mol. The van der Waals surface area contributed by atoms with Gasteiger partial charge >= 0.3 is 12.1 Å². The van der Waals surface area contributed by atoms with Crippen molar-refractivity contribution in [1.82, 2.24) is 20.6 Å². The number of thiazole rings is 2. The number of nitrogens with zero attached hydrogens (tertiary/aromatic N) is 2. The van der Waals surface area contributed by atoms with E-state index in [1.54, 1.807) is 16.1 Å². The Labute approximate surface area is 163 Å². The first-order valence-electron chi connectivity index (χ1n) is 7.40. The number of hydrogen-bond acceptors (Lipinski definition) is 6. The van der Waals surface area contributed by atoms with Gasteiger partial charge in [0.15, 0.2) is 0 Å². The summed E-state index contributed by atoms with van der Waals surface area (Å²) in [6, 6.07) is 0. The molecule has 2 rings (SSSR count). The van der Waals surface area contributed by atoms with Crippen LogP contribution in [-0.2, 0) is 11.2 Å². The molecule has 12 heteroatoms. The highest BCUT2D eigenvalue weighted by Crippen LogP contribution is 2.25. The van der Waals surface area contributed by atoms with Gasteiger partial charge in [0.05, 0.1) is 5.01 Å². The van der Waals surface area contributed by atoms with Gasteiger partial charge < -0.3 is 10.6 Å². The first-order valence-corrected chi connectivity index (χ1v) is 10.3. The van der Waals surface area contributed by atoms with Crippen LogP contribution >= 0.6 is 38.6 Å². The fourth-order valence-electron chi connectivity index (χ4n) is 1.76. The van der Waals surface area contributed by atoms with Gasteiger partial charge in [-0.05, 0) is 6.42 Å². The predicted octanol–water partition coefficient (Wildman–Crippen LogP) is 3.00. The van der Waals surface area contributed by atoms with E-state index in [2.05, 4.69) is 31.2 Å². The lowest BCUT2D eigenvalue weighted by atomic mass is 10.4. The van der Waals surface area contributed by atoms with E-state index < -0.39 is 12.1 Å². The Balaban J connectivity index is 1.89. The molecule has 0 saturated carbocycles. The van der Waals surface area contributed by atoms with Crippen LogP contribution in [0.1, 0.15) is 21.9 Å². The highest BCUT2D eigenvalue weighted by atomic mass is 79.9. The number of amides is 2. The summed E-state index contributed by atoms with van der Waals surface area (Å²) >= 11 is 5.79. The van der Waals surface area contributed by atoms with Crippen molar-refractivity contribution in [1.29, 1.82) is 0 Å². The molecule has 0 aromatic carbocycles. The zero-order chi connectivity index (χ0) is 19.2. The lowest BCUT2D eigenvalue weighted by molar-refractivity contribution is -0.173. The van der Waals surface area contributed by atoms with Crippen molar-refractivity contribution in [2.75, 3.05) is 18.4 Å². The van der Waals surface area contributed by atoms with E-state index in [1.807, 2.05) is 0 Å². The summed E-state index contributed by atoms with van der Waals surface area (Å²) in [7, 11) is 0. The second-order valence-corrected chi connectivity index (χ2v) is 7.56. The standard InChI is InChI=1S/C14H14BrF3N4O2S2/c15-3-1-4-19-11(23)8-6-26-12(22-8)9-7-25-10(21-9)2-5-20-13(24)14(16,17)18/h6-7H,1-5H2,(H,19,23)(H,20,24). The summed E-state index contributed by atoms with van der Waals surface area (Å²) in [6.07, 6.45) is -3.90. The smallest absolute Gasteiger partial charge is 0.351 e. The fraction of sp³-hybridized carbons (Fsp3) is 0.429. The third kappa shape index (κ3) is 6.02. The Morgan fingerprint density at radius 3 is 2.58 bits per heavy atom. The van der Waals surface area contributed by atoms with Gasteiger partial charge in [0, 0.05) is 35.6 Å². The molecular weight excluding hydrogens is 457 g/mol. The summed E-state index contributed by atoms with van der Waals surface area (Å²) in [5.41, 5.74) is 0.850. The zero-order valence-electron chi connectivity index (χ0n) is 13.2. The number of rotatable bonds is 8. The molecule has 2 amide bonds. The van der Waals surface area contributed by atoms with Crippen molar-refractivity contribution in [2.45, 2.75) is 19.0 Å². The minimum Gasteiger partial charge on any atom is -0.351 e. The molecule has 0 bridgehead atoms. The average molecular weight is 471 g/mol. The highest BCUT2D eigenvalue weighted by molar-refractivity contribution is 9.09. The maximum atomic E-state index is 12.1. The van der Waals surface area contributed by atoms with Gasteiger partial charge in [-0.25, -0.2) is 9.97 Å². The lowest BCUT2D eigenvalue weighted by Gasteiger charge is -2.06. The van der Waals surface area contributed by atoms with Crippen molar-refractivity contribution in [3.05, 3.63) is 21.5 Å². The Kier molecular flexibility index (Phi) is 7.53. The van der Waals surface area contributed by atoms with Crippen LogP contribution in [0.4, 0.5) is 13.2 Å². The van der Waals surface area contributed by atoms with E-state index in [9.17, 15) is 22.8 Å². The molecule has 0 spiro atoms. The van der Waals surface area contributed by atoms with Crippen LogP contribution in [0.15, 0.2) is 10.8 Å². The molecule has 0 aliphatic carbocycles. The quantitative estimate of drug-likeness (QED) is 0.458. The van der Waals surface area contributed by atoms with Crippen LogP contribution in [0.3, 0.4) is 0 Å². The molecule has 0 unspecified atom stereocenters. The van der Waals surface area contributed by atoms with Gasteiger partial charge in [-0.2, -0.15) is 13.2 Å². The van der Waals surface area contributed by atoms with E-state index in [0.717, 1.165) is 11.8 Å². The Morgan fingerprint density at radius 2 is 1.88 bits per heavy atom. The molecule has 142 valence electrons. The Hall–Kier alpha value is -1.53. The number of halogens is 4. The van der Waals surface area contributed by atoms with E-state index in [-0.39, 0.29) is 18.9 Å². The molecule has 2 heterocycles. The second kappa shape index (κ2) is 9.42. The third-order valence-electron chi connectivity index (χ3n) is 2.99. The fourth-order valence-corrected chi connectivity index (χ4v) is 3.66. The largest absolute Gasteiger partial charge is 0.471 e. The number of carbonyl (C=O) groups excluding carboxylic acids is 2. The number of alkyl halides is 4. The summed E-state index contributed by atoms with van der Waals surface area (Å²) in [5, 5.41) is 9.80. The van der Waals surface area contributed by atoms with Crippen LogP contribution in [-0.4, -0.2) is 46.4 Å². The van der Waals surface area contributed by atoms with Crippen molar-refractivity contribution < 1.29 is 22.8 Å². The van der Waals surface area contributed by atoms with E-state index in [4.69, 9.17) is 0 Å². The molecule has 6 nitrogen and oxygen atoms in total. The number of aromatic nitrogens is 2. The highest BCUT2D eigenvalue weighted by Gasteiger charge is 2.38. The van der Waals surface area contributed by atoms with Crippen LogP contribution in [0, 0.1) is 0 Å². The lowest BCUT2D eigenvalue weighted by Crippen LogP contribution is -2.37.